The van der Waals surface area contributed by atoms with Crippen LogP contribution in [-0.2, 0) is 0 Å². The van der Waals surface area contributed by atoms with Crippen molar-refractivity contribution in [3.05, 3.63) is 35.5 Å². The fraction of sp³-hybridized carbons (Fsp3) is 0.250. The monoisotopic (exact) mass is 190 g/mol. The number of aromatic nitrogens is 1. The van der Waals surface area contributed by atoms with Crippen molar-refractivity contribution in [2.24, 2.45) is 0 Å². The molecule has 1 aromatic rings. The third-order valence-corrected chi connectivity index (χ3v) is 1.54. The Morgan fingerprint density at radius 1 is 1.43 bits per heavy atom. The van der Waals surface area contributed by atoms with Crippen LogP contribution in [0.1, 0.15) is 20.8 Å². The van der Waals surface area contributed by atoms with Crippen LogP contribution in [0.3, 0.4) is 0 Å². The van der Waals surface area contributed by atoms with Crippen LogP contribution in [0.4, 0.5) is 5.69 Å². The van der Waals surface area contributed by atoms with Gasteiger partial charge in [0.1, 0.15) is 0 Å². The van der Waals surface area contributed by atoms with Crippen molar-refractivity contribution in [1.29, 1.82) is 0 Å². The van der Waals surface area contributed by atoms with E-state index in [0.717, 1.165) is 10.6 Å². The molecule has 0 radical (unpaired) electrons. The van der Waals surface area contributed by atoms with Gasteiger partial charge in [-0.05, 0) is 13.0 Å². The zero-order chi connectivity index (χ0) is 11.0. The maximum atomic E-state index is 5.58. The smallest absolute Gasteiger partial charge is 0.0661 e. The van der Waals surface area contributed by atoms with E-state index in [-0.39, 0.29) is 0 Å². The molecule has 1 rings (SSSR count). The molecule has 0 saturated heterocycles. The van der Waals surface area contributed by atoms with Crippen LogP contribution in [0.25, 0.3) is 12.2 Å². The predicted molar refractivity (Wildman–Crippen MR) is 64.0 cm³/mol. The minimum absolute atomic E-state index is 0.675. The molecule has 0 saturated carbocycles. The van der Waals surface area contributed by atoms with Crippen LogP contribution >= 0.6 is 0 Å². The fourth-order valence-electron chi connectivity index (χ4n) is 1.01. The van der Waals surface area contributed by atoms with Gasteiger partial charge in [0.05, 0.1) is 17.2 Å². The molecule has 76 valence electrons. The highest BCUT2D eigenvalue weighted by molar-refractivity contribution is 5.43. The molecule has 14 heavy (non-hydrogen) atoms. The normalized spacial score (nSPS) is 11.9. The first-order valence-electron chi connectivity index (χ1n) is 4.78. The Kier molecular flexibility index (Phi) is 6.12. The first-order valence-corrected chi connectivity index (χ1v) is 4.78. The Labute approximate surface area is 85.5 Å². The number of hydrogen-bond donors (Lipinski definition) is 1. The molecular weight excluding hydrogens is 172 g/mol. The summed E-state index contributed by atoms with van der Waals surface area (Å²) in [4.78, 5) is 4.16. The van der Waals surface area contributed by atoms with E-state index >= 15 is 0 Å². The number of nitrogens with zero attached hydrogens (tertiary/aromatic N) is 1. The van der Waals surface area contributed by atoms with Crippen LogP contribution in [0, 0.1) is 0 Å². The first-order chi connectivity index (χ1) is 6.77. The number of nitrogens with two attached hydrogens (primary N) is 1. The maximum absolute atomic E-state index is 5.58. The van der Waals surface area contributed by atoms with Crippen LogP contribution in [-0.4, -0.2) is 4.98 Å². The molecule has 2 nitrogen and oxygen atoms in total. The number of nitrogen functional groups attached to an aromatic ring is 1. The van der Waals surface area contributed by atoms with Gasteiger partial charge in [0.15, 0.2) is 0 Å². The number of anilines is 1. The van der Waals surface area contributed by atoms with Crippen molar-refractivity contribution >= 4 is 17.8 Å². The zero-order valence-electron chi connectivity index (χ0n) is 9.12. The van der Waals surface area contributed by atoms with E-state index in [0.29, 0.717) is 5.69 Å². The van der Waals surface area contributed by atoms with Crippen LogP contribution in [0.15, 0.2) is 24.9 Å². The SMILES string of the molecule is C=C/C=c1/cc(N)cn/c1=C/C.CC. The van der Waals surface area contributed by atoms with E-state index in [1.165, 1.54) is 0 Å². The van der Waals surface area contributed by atoms with Crippen molar-refractivity contribution < 1.29 is 0 Å². The molecule has 0 bridgehead atoms. The number of rotatable bonds is 1. The Morgan fingerprint density at radius 2 is 2.07 bits per heavy atom. The highest BCUT2D eigenvalue weighted by atomic mass is 14.7. The number of allylic oxidation sites excluding steroid dienone is 1. The first kappa shape index (κ1) is 12.4. The number of pyridine rings is 1. The topological polar surface area (TPSA) is 38.9 Å². The lowest BCUT2D eigenvalue weighted by molar-refractivity contribution is 1.22. The van der Waals surface area contributed by atoms with Gasteiger partial charge in [0.25, 0.3) is 0 Å². The molecule has 1 aromatic heterocycles. The predicted octanol–water partition coefficient (Wildman–Crippen LogP) is 1.46. The van der Waals surface area contributed by atoms with Gasteiger partial charge in [-0.2, -0.15) is 0 Å². The fourth-order valence-corrected chi connectivity index (χ4v) is 1.01. The van der Waals surface area contributed by atoms with Crippen molar-refractivity contribution in [2.75, 3.05) is 5.73 Å². The molecule has 0 aromatic carbocycles. The van der Waals surface area contributed by atoms with Gasteiger partial charge in [-0.3, -0.25) is 4.98 Å². The summed E-state index contributed by atoms with van der Waals surface area (Å²) in [6.07, 6.45) is 7.20. The lowest BCUT2D eigenvalue weighted by Crippen LogP contribution is -2.27. The molecule has 1 heterocycles. The largest absolute Gasteiger partial charge is 0.397 e. The molecule has 0 atom stereocenters. The summed E-state index contributed by atoms with van der Waals surface area (Å²) in [5, 5.41) is 1.94. The molecule has 0 fully saturated rings. The highest BCUT2D eigenvalue weighted by Crippen LogP contribution is 1.86. The van der Waals surface area contributed by atoms with Crippen LogP contribution < -0.4 is 16.3 Å². The lowest BCUT2D eigenvalue weighted by Gasteiger charge is -1.91. The van der Waals surface area contributed by atoms with Crippen molar-refractivity contribution in [1.82, 2.24) is 4.98 Å². The van der Waals surface area contributed by atoms with Gasteiger partial charge < -0.3 is 5.73 Å². The van der Waals surface area contributed by atoms with Gasteiger partial charge in [0.2, 0.25) is 0 Å². The van der Waals surface area contributed by atoms with Crippen LogP contribution in [0.5, 0.6) is 0 Å². The summed E-state index contributed by atoms with van der Waals surface area (Å²) in [7, 11) is 0. The second-order valence-corrected chi connectivity index (χ2v) is 2.43. The van der Waals surface area contributed by atoms with Gasteiger partial charge >= 0.3 is 0 Å². The molecule has 2 heteroatoms. The molecule has 0 aliphatic heterocycles. The average Bonchev–Trinajstić information content (AvgIpc) is 2.22. The summed E-state index contributed by atoms with van der Waals surface area (Å²) < 4.78 is 0. The Morgan fingerprint density at radius 3 is 2.57 bits per heavy atom. The van der Waals surface area contributed by atoms with Crippen molar-refractivity contribution in [3.8, 4) is 0 Å². The lowest BCUT2D eigenvalue weighted by atomic mass is 10.3. The average molecular weight is 190 g/mol. The quantitative estimate of drug-likeness (QED) is 0.728. The van der Waals surface area contributed by atoms with E-state index in [1.54, 1.807) is 12.3 Å². The third-order valence-electron chi connectivity index (χ3n) is 1.54. The molecule has 0 spiro atoms. The van der Waals surface area contributed by atoms with Crippen molar-refractivity contribution in [3.63, 3.8) is 0 Å². The Hall–Kier alpha value is -1.57. The molecule has 0 amide bonds. The van der Waals surface area contributed by atoms with Gasteiger partial charge in [-0.25, -0.2) is 0 Å². The summed E-state index contributed by atoms with van der Waals surface area (Å²) in [5.74, 6) is 0. The second kappa shape index (κ2) is 6.89. The molecule has 0 aliphatic rings. The highest BCUT2D eigenvalue weighted by Gasteiger charge is 1.86. The van der Waals surface area contributed by atoms with Gasteiger partial charge in [0, 0.05) is 5.22 Å². The standard InChI is InChI=1S/C10H12N2.C2H6/c1-3-5-8-6-9(11)7-12-10(8)4-2;1-2/h3-7H,1,11H2,2H3;1-2H3/b8-5-,10-4+;. The third kappa shape index (κ3) is 3.44. The maximum Gasteiger partial charge on any atom is 0.0661 e. The zero-order valence-corrected chi connectivity index (χ0v) is 9.12. The van der Waals surface area contributed by atoms with E-state index in [1.807, 2.05) is 39.0 Å². The van der Waals surface area contributed by atoms with E-state index in [4.69, 9.17) is 5.73 Å². The minimum atomic E-state index is 0.675. The Balaban J connectivity index is 0.000000791. The van der Waals surface area contributed by atoms with E-state index < -0.39 is 0 Å². The van der Waals surface area contributed by atoms with E-state index in [9.17, 15) is 0 Å². The molecular formula is C12H18N2. The summed E-state index contributed by atoms with van der Waals surface area (Å²) >= 11 is 0. The van der Waals surface area contributed by atoms with Gasteiger partial charge in [-0.15, -0.1) is 0 Å². The number of hydrogen-bond acceptors (Lipinski definition) is 2. The molecule has 0 unspecified atom stereocenters. The Bertz CT molecular complexity index is 391. The summed E-state index contributed by atoms with van der Waals surface area (Å²) in [5.41, 5.74) is 6.26. The molecule has 0 aliphatic carbocycles. The summed E-state index contributed by atoms with van der Waals surface area (Å²) in [6, 6.07) is 1.88. The van der Waals surface area contributed by atoms with Gasteiger partial charge in [-0.1, -0.05) is 38.7 Å². The van der Waals surface area contributed by atoms with E-state index in [2.05, 4.69) is 11.6 Å². The van der Waals surface area contributed by atoms with Crippen LogP contribution in [0.2, 0.25) is 0 Å². The van der Waals surface area contributed by atoms with Crippen molar-refractivity contribution in [2.45, 2.75) is 20.8 Å². The summed E-state index contributed by atoms with van der Waals surface area (Å²) in [6.45, 7) is 9.57. The molecule has 2 N–H and O–H groups in total. The second-order valence-electron chi connectivity index (χ2n) is 2.43. The minimum Gasteiger partial charge on any atom is -0.397 e.